The molecule has 24 heavy (non-hydrogen) atoms. The maximum atomic E-state index is 13.0. The topological polar surface area (TPSA) is 92.9 Å². The Morgan fingerprint density at radius 1 is 1.17 bits per heavy atom. The Morgan fingerprint density at radius 2 is 1.79 bits per heavy atom. The van der Waals surface area contributed by atoms with Gasteiger partial charge in [0.05, 0.1) is 31.5 Å². The standard InChI is InChI=1S/C17H21N3O4/c18-17(22)19-7-1-4-13(10-19)16(21)20(11-14-5-2-8-23-14)12-15-6-3-9-24-15/h2-3,5-6,8-9,13H,1,4,7,10-12H2,(H2,18,22). The van der Waals surface area contributed by atoms with E-state index in [0.29, 0.717) is 37.7 Å². The molecule has 3 heterocycles. The molecule has 1 unspecified atom stereocenters. The van der Waals surface area contributed by atoms with Crippen LogP contribution in [0.3, 0.4) is 0 Å². The van der Waals surface area contributed by atoms with E-state index >= 15 is 0 Å². The van der Waals surface area contributed by atoms with Gasteiger partial charge < -0.3 is 24.4 Å². The third-order valence-corrected chi connectivity index (χ3v) is 4.25. The first kappa shape index (κ1) is 16.2. The Kier molecular flexibility index (Phi) is 4.88. The fraction of sp³-hybridized carbons (Fsp3) is 0.412. The van der Waals surface area contributed by atoms with Gasteiger partial charge in [0, 0.05) is 13.1 Å². The highest BCUT2D eigenvalue weighted by Crippen LogP contribution is 2.21. The van der Waals surface area contributed by atoms with E-state index in [0.717, 1.165) is 12.8 Å². The Bertz CT molecular complexity index is 630. The number of likely N-dealkylation sites (tertiary alicyclic amines) is 1. The Hall–Kier alpha value is -2.70. The molecule has 1 saturated heterocycles. The zero-order chi connectivity index (χ0) is 16.9. The van der Waals surface area contributed by atoms with Crippen molar-refractivity contribution in [3.8, 4) is 0 Å². The van der Waals surface area contributed by atoms with Crippen LogP contribution in [0.4, 0.5) is 4.79 Å². The van der Waals surface area contributed by atoms with Gasteiger partial charge in [0.1, 0.15) is 11.5 Å². The summed E-state index contributed by atoms with van der Waals surface area (Å²) in [6.07, 6.45) is 4.69. The van der Waals surface area contributed by atoms with Crippen LogP contribution in [0, 0.1) is 5.92 Å². The fourth-order valence-corrected chi connectivity index (χ4v) is 3.03. The Morgan fingerprint density at radius 3 is 2.29 bits per heavy atom. The molecule has 0 aliphatic carbocycles. The monoisotopic (exact) mass is 331 g/mol. The maximum absolute atomic E-state index is 13.0. The molecule has 3 rings (SSSR count). The van der Waals surface area contributed by atoms with Gasteiger partial charge in [-0.05, 0) is 37.1 Å². The van der Waals surface area contributed by atoms with E-state index in [1.54, 1.807) is 29.6 Å². The Labute approximate surface area is 140 Å². The van der Waals surface area contributed by atoms with E-state index < -0.39 is 6.03 Å². The van der Waals surface area contributed by atoms with Crippen molar-refractivity contribution in [1.82, 2.24) is 9.80 Å². The number of hydrogen-bond acceptors (Lipinski definition) is 4. The van der Waals surface area contributed by atoms with Gasteiger partial charge in [0.25, 0.3) is 0 Å². The molecule has 1 aliphatic heterocycles. The molecule has 7 nitrogen and oxygen atoms in total. The lowest BCUT2D eigenvalue weighted by atomic mass is 9.96. The smallest absolute Gasteiger partial charge is 0.314 e. The largest absolute Gasteiger partial charge is 0.467 e. The molecule has 2 aromatic rings. The zero-order valence-corrected chi connectivity index (χ0v) is 13.4. The van der Waals surface area contributed by atoms with E-state index in [9.17, 15) is 9.59 Å². The molecule has 128 valence electrons. The van der Waals surface area contributed by atoms with E-state index in [-0.39, 0.29) is 11.8 Å². The number of furan rings is 2. The first-order valence-corrected chi connectivity index (χ1v) is 8.01. The summed E-state index contributed by atoms with van der Waals surface area (Å²) in [7, 11) is 0. The summed E-state index contributed by atoms with van der Waals surface area (Å²) >= 11 is 0. The number of primary amides is 1. The van der Waals surface area contributed by atoms with E-state index in [4.69, 9.17) is 14.6 Å². The number of carbonyl (C=O) groups excluding carboxylic acids is 2. The second-order valence-electron chi connectivity index (χ2n) is 5.98. The summed E-state index contributed by atoms with van der Waals surface area (Å²) in [5.41, 5.74) is 5.36. The van der Waals surface area contributed by atoms with Gasteiger partial charge in [0.2, 0.25) is 5.91 Å². The van der Waals surface area contributed by atoms with Gasteiger partial charge >= 0.3 is 6.03 Å². The second-order valence-corrected chi connectivity index (χ2v) is 5.98. The first-order valence-electron chi connectivity index (χ1n) is 8.01. The maximum Gasteiger partial charge on any atom is 0.314 e. The molecular weight excluding hydrogens is 310 g/mol. The van der Waals surface area contributed by atoms with Crippen molar-refractivity contribution in [2.75, 3.05) is 13.1 Å². The van der Waals surface area contributed by atoms with Crippen LogP contribution in [0.25, 0.3) is 0 Å². The third kappa shape index (κ3) is 3.79. The molecule has 1 atom stereocenters. The van der Waals surface area contributed by atoms with E-state index in [2.05, 4.69) is 0 Å². The highest BCUT2D eigenvalue weighted by atomic mass is 16.3. The molecule has 3 amide bonds. The van der Waals surface area contributed by atoms with Crippen molar-refractivity contribution in [2.45, 2.75) is 25.9 Å². The quantitative estimate of drug-likeness (QED) is 0.909. The Balaban J connectivity index is 1.73. The summed E-state index contributed by atoms with van der Waals surface area (Å²) < 4.78 is 10.7. The van der Waals surface area contributed by atoms with E-state index in [1.165, 1.54) is 4.90 Å². The minimum absolute atomic E-state index is 0.0197. The van der Waals surface area contributed by atoms with Crippen LogP contribution in [0.2, 0.25) is 0 Å². The molecule has 0 aromatic carbocycles. The summed E-state index contributed by atoms with van der Waals surface area (Å²) in [4.78, 5) is 27.6. The average Bonchev–Trinajstić information content (AvgIpc) is 3.27. The highest BCUT2D eigenvalue weighted by Gasteiger charge is 2.31. The summed E-state index contributed by atoms with van der Waals surface area (Å²) in [6.45, 7) is 1.69. The van der Waals surface area contributed by atoms with Crippen molar-refractivity contribution < 1.29 is 18.4 Å². The predicted octanol–water partition coefficient (Wildman–Crippen LogP) is 2.19. The minimum Gasteiger partial charge on any atom is -0.467 e. The molecule has 0 radical (unpaired) electrons. The molecule has 2 aromatic heterocycles. The number of amides is 3. The van der Waals surface area contributed by atoms with E-state index in [1.807, 2.05) is 12.1 Å². The SMILES string of the molecule is NC(=O)N1CCCC(C(=O)N(Cc2ccco2)Cc2ccco2)C1. The number of rotatable bonds is 5. The summed E-state index contributed by atoms with van der Waals surface area (Å²) in [5, 5.41) is 0. The lowest BCUT2D eigenvalue weighted by Crippen LogP contribution is -2.48. The van der Waals surface area contributed by atoms with Crippen LogP contribution < -0.4 is 5.73 Å². The number of nitrogens with zero attached hydrogens (tertiary/aromatic N) is 2. The van der Waals surface area contributed by atoms with Gasteiger partial charge in [-0.25, -0.2) is 4.79 Å². The van der Waals surface area contributed by atoms with Crippen molar-refractivity contribution in [3.05, 3.63) is 48.3 Å². The number of carbonyl (C=O) groups is 2. The number of piperidine rings is 1. The molecule has 7 heteroatoms. The van der Waals surface area contributed by atoms with Gasteiger partial charge in [-0.1, -0.05) is 0 Å². The normalized spacial score (nSPS) is 17.7. The van der Waals surface area contributed by atoms with Gasteiger partial charge in [0.15, 0.2) is 0 Å². The summed E-state index contributed by atoms with van der Waals surface area (Å²) in [5.74, 6) is 1.14. The minimum atomic E-state index is -0.476. The van der Waals surface area contributed by atoms with Crippen molar-refractivity contribution in [1.29, 1.82) is 0 Å². The molecule has 0 bridgehead atoms. The molecule has 0 spiro atoms. The van der Waals surface area contributed by atoms with Crippen LogP contribution >= 0.6 is 0 Å². The first-order chi connectivity index (χ1) is 11.6. The van der Waals surface area contributed by atoms with Crippen molar-refractivity contribution in [3.63, 3.8) is 0 Å². The van der Waals surface area contributed by atoms with Crippen LogP contribution in [0.5, 0.6) is 0 Å². The second kappa shape index (κ2) is 7.25. The number of nitrogens with two attached hydrogens (primary N) is 1. The summed E-state index contributed by atoms with van der Waals surface area (Å²) in [6, 6.07) is 6.77. The molecule has 2 N–H and O–H groups in total. The average molecular weight is 331 g/mol. The number of urea groups is 1. The third-order valence-electron chi connectivity index (χ3n) is 4.25. The molecule has 0 saturated carbocycles. The van der Waals surface area contributed by atoms with Crippen molar-refractivity contribution in [2.24, 2.45) is 11.7 Å². The lowest BCUT2D eigenvalue weighted by Gasteiger charge is -2.33. The fourth-order valence-electron chi connectivity index (χ4n) is 3.03. The van der Waals surface area contributed by atoms with Crippen LogP contribution in [-0.4, -0.2) is 34.8 Å². The van der Waals surface area contributed by atoms with Crippen LogP contribution in [0.1, 0.15) is 24.4 Å². The number of hydrogen-bond donors (Lipinski definition) is 1. The zero-order valence-electron chi connectivity index (χ0n) is 13.4. The molecule has 1 fully saturated rings. The van der Waals surface area contributed by atoms with Gasteiger partial charge in [-0.15, -0.1) is 0 Å². The van der Waals surface area contributed by atoms with Crippen LogP contribution in [0.15, 0.2) is 45.6 Å². The molecular formula is C17H21N3O4. The van der Waals surface area contributed by atoms with Gasteiger partial charge in [-0.2, -0.15) is 0 Å². The van der Waals surface area contributed by atoms with Crippen molar-refractivity contribution >= 4 is 11.9 Å². The highest BCUT2D eigenvalue weighted by molar-refractivity contribution is 5.80. The van der Waals surface area contributed by atoms with Crippen LogP contribution in [-0.2, 0) is 17.9 Å². The van der Waals surface area contributed by atoms with Gasteiger partial charge in [-0.3, -0.25) is 4.79 Å². The predicted molar refractivity (Wildman–Crippen MR) is 85.6 cm³/mol. The lowest BCUT2D eigenvalue weighted by molar-refractivity contribution is -0.138. The molecule has 1 aliphatic rings.